The van der Waals surface area contributed by atoms with Gasteiger partial charge < -0.3 is 19.6 Å². The van der Waals surface area contributed by atoms with E-state index in [0.29, 0.717) is 5.92 Å². The first-order valence-corrected chi connectivity index (χ1v) is 10.3. The number of piperidine rings is 1. The highest BCUT2D eigenvalue weighted by molar-refractivity contribution is 7.15. The highest BCUT2D eigenvalue weighted by Crippen LogP contribution is 2.36. The van der Waals surface area contributed by atoms with Crippen molar-refractivity contribution < 1.29 is 32.6 Å². The summed E-state index contributed by atoms with van der Waals surface area (Å²) < 4.78 is 37.9. The standard InChI is InChI=1S/C15H22N4O2S.C2HF3O2/c1-10-16-17-15(22-10)19-7-4-11-8-12(21-13(11)9-19)14(20)18-5-2-3-6-18;3-2(4,5)1(6)7/h11-13H,2-9H2,1H3;(H,6,7)/t11-,12-,13+;/m0./s1. The number of alkyl halides is 3. The van der Waals surface area contributed by atoms with Gasteiger partial charge in [0.05, 0.1) is 6.10 Å². The van der Waals surface area contributed by atoms with E-state index >= 15 is 0 Å². The van der Waals surface area contributed by atoms with Crippen molar-refractivity contribution in [2.45, 2.75) is 51.0 Å². The summed E-state index contributed by atoms with van der Waals surface area (Å²) in [5.74, 6) is -2.03. The molecule has 162 valence electrons. The van der Waals surface area contributed by atoms with Gasteiger partial charge in [-0.2, -0.15) is 13.2 Å². The molecule has 3 fully saturated rings. The zero-order valence-electron chi connectivity index (χ0n) is 15.9. The molecule has 12 heteroatoms. The SMILES string of the molecule is Cc1nnc(N2CC[C@H]3C[C@@H](C(=O)N4CCCC4)O[C@@H]3C2)s1.O=C(O)C(F)(F)F. The van der Waals surface area contributed by atoms with Crippen LogP contribution in [0.25, 0.3) is 0 Å². The normalized spacial score (nSPS) is 26.7. The average Bonchev–Trinajstić information content (AvgIpc) is 3.40. The third-order valence-corrected chi connectivity index (χ3v) is 6.17. The molecule has 3 aliphatic heterocycles. The van der Waals surface area contributed by atoms with E-state index in [1.165, 1.54) is 0 Å². The van der Waals surface area contributed by atoms with Crippen molar-refractivity contribution in [1.29, 1.82) is 0 Å². The van der Waals surface area contributed by atoms with Crippen molar-refractivity contribution in [3.8, 4) is 0 Å². The van der Waals surface area contributed by atoms with Crippen LogP contribution in [0.5, 0.6) is 0 Å². The molecule has 8 nitrogen and oxygen atoms in total. The van der Waals surface area contributed by atoms with Gasteiger partial charge in [-0.15, -0.1) is 10.2 Å². The van der Waals surface area contributed by atoms with E-state index in [-0.39, 0.29) is 18.1 Å². The Morgan fingerprint density at radius 2 is 1.86 bits per heavy atom. The predicted octanol–water partition coefficient (Wildman–Crippen LogP) is 2.09. The molecule has 0 unspecified atom stereocenters. The number of hydrogen-bond donors (Lipinski definition) is 1. The van der Waals surface area contributed by atoms with Crippen LogP contribution in [0.2, 0.25) is 0 Å². The van der Waals surface area contributed by atoms with E-state index in [4.69, 9.17) is 14.6 Å². The van der Waals surface area contributed by atoms with Crippen molar-refractivity contribution in [2.75, 3.05) is 31.1 Å². The smallest absolute Gasteiger partial charge is 0.475 e. The number of carbonyl (C=O) groups excluding carboxylic acids is 1. The predicted molar refractivity (Wildman–Crippen MR) is 97.7 cm³/mol. The van der Waals surface area contributed by atoms with Gasteiger partial charge in [0.25, 0.3) is 5.91 Å². The summed E-state index contributed by atoms with van der Waals surface area (Å²) in [4.78, 5) is 25.6. The molecule has 0 bridgehead atoms. The molecule has 3 aliphatic rings. The van der Waals surface area contributed by atoms with Crippen LogP contribution in [0.3, 0.4) is 0 Å². The summed E-state index contributed by atoms with van der Waals surface area (Å²) in [6.45, 7) is 5.62. The molecular weight excluding hydrogens is 413 g/mol. The number of amides is 1. The molecule has 4 heterocycles. The fraction of sp³-hybridized carbons (Fsp3) is 0.765. The van der Waals surface area contributed by atoms with Crippen LogP contribution >= 0.6 is 11.3 Å². The molecule has 1 aromatic heterocycles. The summed E-state index contributed by atoms with van der Waals surface area (Å²) >= 11 is 1.63. The maximum absolute atomic E-state index is 12.5. The molecule has 29 heavy (non-hydrogen) atoms. The zero-order valence-corrected chi connectivity index (χ0v) is 16.7. The molecule has 0 saturated carbocycles. The largest absolute Gasteiger partial charge is 0.490 e. The third-order valence-electron chi connectivity index (χ3n) is 5.27. The number of fused-ring (bicyclic) bond motifs is 1. The van der Waals surface area contributed by atoms with Crippen LogP contribution < -0.4 is 4.90 Å². The van der Waals surface area contributed by atoms with Crippen LogP contribution in [-0.4, -0.2) is 76.6 Å². The quantitative estimate of drug-likeness (QED) is 0.758. The van der Waals surface area contributed by atoms with Gasteiger partial charge in [0.1, 0.15) is 11.1 Å². The number of hydrogen-bond acceptors (Lipinski definition) is 7. The number of likely N-dealkylation sites (tertiary alicyclic amines) is 1. The average molecular weight is 436 g/mol. The first kappa shape index (κ1) is 21.8. The fourth-order valence-electron chi connectivity index (χ4n) is 3.82. The summed E-state index contributed by atoms with van der Waals surface area (Å²) in [5, 5.41) is 17.4. The lowest BCUT2D eigenvalue weighted by atomic mass is 9.92. The van der Waals surface area contributed by atoms with Gasteiger partial charge in [0, 0.05) is 26.2 Å². The second kappa shape index (κ2) is 8.82. The Morgan fingerprint density at radius 1 is 1.21 bits per heavy atom. The number of halogens is 3. The minimum absolute atomic E-state index is 0.162. The monoisotopic (exact) mass is 436 g/mol. The number of aliphatic carboxylic acids is 1. The lowest BCUT2D eigenvalue weighted by Gasteiger charge is -2.33. The minimum atomic E-state index is -5.08. The Kier molecular flexibility index (Phi) is 6.62. The highest BCUT2D eigenvalue weighted by atomic mass is 32.1. The van der Waals surface area contributed by atoms with Crippen LogP contribution in [0.15, 0.2) is 0 Å². The fourth-order valence-corrected chi connectivity index (χ4v) is 4.54. The van der Waals surface area contributed by atoms with Crippen LogP contribution in [0, 0.1) is 12.8 Å². The van der Waals surface area contributed by atoms with Gasteiger partial charge in [-0.05, 0) is 38.5 Å². The lowest BCUT2D eigenvalue weighted by Crippen LogP contribution is -2.42. The van der Waals surface area contributed by atoms with Gasteiger partial charge in [-0.3, -0.25) is 4.79 Å². The van der Waals surface area contributed by atoms with Gasteiger partial charge in [-0.25, -0.2) is 4.79 Å². The Hall–Kier alpha value is -1.95. The number of carboxylic acid groups (broad SMARTS) is 1. The van der Waals surface area contributed by atoms with E-state index in [0.717, 1.165) is 62.0 Å². The maximum Gasteiger partial charge on any atom is 0.490 e. The van der Waals surface area contributed by atoms with Gasteiger partial charge in [-0.1, -0.05) is 11.3 Å². The molecule has 3 saturated heterocycles. The number of aromatic nitrogens is 2. The molecule has 0 radical (unpaired) electrons. The molecule has 1 aromatic rings. The molecule has 0 spiro atoms. The van der Waals surface area contributed by atoms with Crippen molar-refractivity contribution in [3.63, 3.8) is 0 Å². The molecule has 0 aliphatic carbocycles. The second-order valence-electron chi connectivity index (χ2n) is 7.33. The van der Waals surface area contributed by atoms with E-state index in [1.54, 1.807) is 11.3 Å². The maximum atomic E-state index is 12.5. The summed E-state index contributed by atoms with van der Waals surface area (Å²) in [7, 11) is 0. The molecule has 1 N–H and O–H groups in total. The molecular formula is C17H23F3N4O4S. The molecule has 1 amide bonds. The Bertz CT molecular complexity index is 739. The zero-order chi connectivity index (χ0) is 21.2. The Balaban J connectivity index is 0.000000298. The Labute approximate surface area is 169 Å². The van der Waals surface area contributed by atoms with Crippen molar-refractivity contribution in [1.82, 2.24) is 15.1 Å². The number of anilines is 1. The van der Waals surface area contributed by atoms with E-state index in [2.05, 4.69) is 15.1 Å². The molecule has 3 atom stereocenters. The topological polar surface area (TPSA) is 95.9 Å². The summed E-state index contributed by atoms with van der Waals surface area (Å²) in [5.41, 5.74) is 0. The van der Waals surface area contributed by atoms with Crippen molar-refractivity contribution in [3.05, 3.63) is 5.01 Å². The lowest BCUT2D eigenvalue weighted by molar-refractivity contribution is -0.192. The number of carbonyl (C=O) groups is 2. The Morgan fingerprint density at radius 3 is 2.41 bits per heavy atom. The number of carboxylic acids is 1. The number of aryl methyl sites for hydroxylation is 1. The van der Waals surface area contributed by atoms with Gasteiger partial charge in [0.2, 0.25) is 5.13 Å². The first-order valence-electron chi connectivity index (χ1n) is 9.44. The van der Waals surface area contributed by atoms with Gasteiger partial charge >= 0.3 is 12.1 Å². The number of rotatable bonds is 2. The summed E-state index contributed by atoms with van der Waals surface area (Å²) in [6.07, 6.45) is -0.903. The van der Waals surface area contributed by atoms with E-state index in [1.807, 2.05) is 11.8 Å². The molecule has 0 aromatic carbocycles. The molecule has 4 rings (SSSR count). The van der Waals surface area contributed by atoms with Gasteiger partial charge in [0.15, 0.2) is 0 Å². The van der Waals surface area contributed by atoms with Crippen LogP contribution in [-0.2, 0) is 14.3 Å². The highest BCUT2D eigenvalue weighted by Gasteiger charge is 2.43. The first-order chi connectivity index (χ1) is 13.6. The second-order valence-corrected chi connectivity index (χ2v) is 8.49. The van der Waals surface area contributed by atoms with Crippen LogP contribution in [0.1, 0.15) is 30.7 Å². The van der Waals surface area contributed by atoms with E-state index < -0.39 is 12.1 Å². The summed E-state index contributed by atoms with van der Waals surface area (Å²) in [6, 6.07) is 0. The van der Waals surface area contributed by atoms with E-state index in [9.17, 15) is 18.0 Å². The third kappa shape index (κ3) is 5.35. The number of nitrogens with zero attached hydrogens (tertiary/aromatic N) is 4. The van der Waals surface area contributed by atoms with Crippen molar-refractivity contribution >= 4 is 28.3 Å². The van der Waals surface area contributed by atoms with Crippen LogP contribution in [0.4, 0.5) is 18.3 Å². The minimum Gasteiger partial charge on any atom is -0.475 e. The van der Waals surface area contributed by atoms with Crippen molar-refractivity contribution in [2.24, 2.45) is 5.92 Å². The number of ether oxygens (including phenoxy) is 1.